The van der Waals surface area contributed by atoms with Crippen LogP contribution >= 0.6 is 22.6 Å². The standard InChI is InChI=1S/C22H23FIN3O4S/c1-3-4-5-6-7-12-32(29,30)27-20-17(24)13-16-18(21(28)25-2)19(31-22(16)26-20)14-8-10-15(23)11-9-14/h3,8-11,13H,1,4-7,12H2,2H3,(H,25,28)(H,26,27). The van der Waals surface area contributed by atoms with Gasteiger partial charge in [0.05, 0.1) is 20.3 Å². The van der Waals surface area contributed by atoms with Crippen LogP contribution in [-0.4, -0.2) is 32.1 Å². The number of nitrogens with zero attached hydrogens (tertiary/aromatic N) is 1. The summed E-state index contributed by atoms with van der Waals surface area (Å²) in [6.45, 7) is 3.65. The largest absolute Gasteiger partial charge is 0.437 e. The Morgan fingerprint density at radius 1 is 1.25 bits per heavy atom. The van der Waals surface area contributed by atoms with E-state index in [1.807, 2.05) is 28.7 Å². The van der Waals surface area contributed by atoms with Crippen molar-refractivity contribution in [2.75, 3.05) is 17.5 Å². The first-order valence-electron chi connectivity index (χ1n) is 9.98. The average Bonchev–Trinajstić information content (AvgIpc) is 3.11. The van der Waals surface area contributed by atoms with Gasteiger partial charge in [-0.2, -0.15) is 4.98 Å². The molecule has 10 heteroatoms. The van der Waals surface area contributed by atoms with Gasteiger partial charge in [-0.05, 0) is 72.2 Å². The van der Waals surface area contributed by atoms with Crippen molar-refractivity contribution in [2.45, 2.75) is 25.7 Å². The summed E-state index contributed by atoms with van der Waals surface area (Å²) in [6.07, 6.45) is 4.86. The van der Waals surface area contributed by atoms with E-state index in [1.54, 1.807) is 6.07 Å². The third-order valence-corrected chi connectivity index (χ3v) is 6.92. The maximum Gasteiger partial charge on any atom is 0.255 e. The number of nitrogens with one attached hydrogen (secondary N) is 2. The molecule has 1 aromatic carbocycles. The smallest absolute Gasteiger partial charge is 0.255 e. The highest BCUT2D eigenvalue weighted by Gasteiger charge is 2.24. The predicted octanol–water partition coefficient (Wildman–Crippen LogP) is 5.09. The van der Waals surface area contributed by atoms with E-state index in [-0.39, 0.29) is 28.6 Å². The number of hydrogen-bond acceptors (Lipinski definition) is 5. The molecule has 3 rings (SSSR count). The Labute approximate surface area is 199 Å². The molecule has 1 amide bonds. The Morgan fingerprint density at radius 2 is 1.97 bits per heavy atom. The molecule has 0 saturated carbocycles. The van der Waals surface area contributed by atoms with Crippen LogP contribution in [-0.2, 0) is 10.0 Å². The van der Waals surface area contributed by atoms with Gasteiger partial charge in [0.1, 0.15) is 11.6 Å². The van der Waals surface area contributed by atoms with Crippen LogP contribution in [0.15, 0.2) is 47.4 Å². The van der Waals surface area contributed by atoms with Crippen LogP contribution in [0.1, 0.15) is 36.0 Å². The summed E-state index contributed by atoms with van der Waals surface area (Å²) in [5.41, 5.74) is 0.850. The van der Waals surface area contributed by atoms with Gasteiger partial charge in [0.2, 0.25) is 15.7 Å². The van der Waals surface area contributed by atoms with E-state index in [4.69, 9.17) is 4.42 Å². The third kappa shape index (κ3) is 5.66. The van der Waals surface area contributed by atoms with E-state index >= 15 is 0 Å². The van der Waals surface area contributed by atoms with Gasteiger partial charge in [0.25, 0.3) is 5.91 Å². The van der Waals surface area contributed by atoms with Crippen molar-refractivity contribution in [3.63, 3.8) is 0 Å². The van der Waals surface area contributed by atoms with Gasteiger partial charge in [-0.1, -0.05) is 12.5 Å². The molecule has 0 unspecified atom stereocenters. The van der Waals surface area contributed by atoms with E-state index in [1.165, 1.54) is 31.3 Å². The number of benzene rings is 1. The zero-order valence-electron chi connectivity index (χ0n) is 17.5. The number of carbonyl (C=O) groups is 1. The molecule has 0 radical (unpaired) electrons. The van der Waals surface area contributed by atoms with Gasteiger partial charge in [-0.15, -0.1) is 6.58 Å². The second-order valence-electron chi connectivity index (χ2n) is 7.12. The third-order valence-electron chi connectivity index (χ3n) is 4.77. The predicted molar refractivity (Wildman–Crippen MR) is 132 cm³/mol. The number of halogens is 2. The van der Waals surface area contributed by atoms with Crippen LogP contribution < -0.4 is 10.0 Å². The number of hydrogen-bond donors (Lipinski definition) is 2. The van der Waals surface area contributed by atoms with E-state index in [2.05, 4.69) is 21.6 Å². The monoisotopic (exact) mass is 571 g/mol. The number of carbonyl (C=O) groups excluding carboxylic acids is 1. The number of furan rings is 1. The summed E-state index contributed by atoms with van der Waals surface area (Å²) in [5, 5.41) is 3.00. The molecule has 170 valence electrons. The van der Waals surface area contributed by atoms with Crippen LogP contribution in [0.4, 0.5) is 10.2 Å². The highest BCUT2D eigenvalue weighted by Crippen LogP contribution is 2.35. The molecule has 2 heterocycles. The molecule has 3 aromatic rings. The SMILES string of the molecule is C=CCCCCCS(=O)(=O)Nc1nc2oc(-c3ccc(F)cc3)c(C(=O)NC)c2cc1I. The van der Waals surface area contributed by atoms with Crippen molar-refractivity contribution in [2.24, 2.45) is 0 Å². The molecule has 0 aliphatic rings. The van der Waals surface area contributed by atoms with Crippen molar-refractivity contribution < 1.29 is 22.0 Å². The second kappa shape index (κ2) is 10.4. The number of allylic oxidation sites excluding steroid dienone is 1. The van der Waals surface area contributed by atoms with E-state index in [0.29, 0.717) is 20.9 Å². The maximum atomic E-state index is 13.4. The zero-order valence-corrected chi connectivity index (χ0v) is 20.4. The van der Waals surface area contributed by atoms with Gasteiger partial charge in [0, 0.05) is 12.6 Å². The van der Waals surface area contributed by atoms with Crippen molar-refractivity contribution >= 4 is 55.4 Å². The molecule has 32 heavy (non-hydrogen) atoms. The molecule has 2 N–H and O–H groups in total. The van der Waals surface area contributed by atoms with Crippen LogP contribution in [0.2, 0.25) is 0 Å². The Morgan fingerprint density at radius 3 is 2.62 bits per heavy atom. The first kappa shape index (κ1) is 24.2. The van der Waals surface area contributed by atoms with Gasteiger partial charge in [-0.3, -0.25) is 9.52 Å². The summed E-state index contributed by atoms with van der Waals surface area (Å²) in [7, 11) is -2.11. The molecule has 7 nitrogen and oxygen atoms in total. The Kier molecular flexibility index (Phi) is 7.88. The van der Waals surface area contributed by atoms with E-state index in [0.717, 1.165) is 19.3 Å². The molecular weight excluding hydrogens is 548 g/mol. The maximum absolute atomic E-state index is 13.4. The normalized spacial score (nSPS) is 11.5. The van der Waals surface area contributed by atoms with Crippen molar-refractivity contribution in [1.82, 2.24) is 10.3 Å². The van der Waals surface area contributed by atoms with E-state index in [9.17, 15) is 17.6 Å². The summed E-state index contributed by atoms with van der Waals surface area (Å²) >= 11 is 1.96. The fraction of sp³-hybridized carbons (Fsp3) is 0.273. The lowest BCUT2D eigenvalue weighted by atomic mass is 10.1. The first-order chi connectivity index (χ1) is 15.3. The minimum absolute atomic E-state index is 0.0254. The van der Waals surface area contributed by atoms with Crippen molar-refractivity contribution in [3.05, 3.63) is 57.9 Å². The lowest BCUT2D eigenvalue weighted by Gasteiger charge is -2.09. The number of anilines is 1. The van der Waals surface area contributed by atoms with Crippen LogP contribution in [0, 0.1) is 9.39 Å². The van der Waals surface area contributed by atoms with Gasteiger partial charge >= 0.3 is 0 Å². The van der Waals surface area contributed by atoms with Crippen molar-refractivity contribution in [3.8, 4) is 11.3 Å². The molecular formula is C22H23FIN3O4S. The summed E-state index contributed by atoms with van der Waals surface area (Å²) in [5.74, 6) is -0.478. The minimum Gasteiger partial charge on any atom is -0.437 e. The second-order valence-corrected chi connectivity index (χ2v) is 10.1. The average molecular weight is 571 g/mol. The Hall–Kier alpha value is -2.47. The van der Waals surface area contributed by atoms with Crippen molar-refractivity contribution in [1.29, 1.82) is 0 Å². The highest BCUT2D eigenvalue weighted by molar-refractivity contribution is 14.1. The van der Waals surface area contributed by atoms with Crippen LogP contribution in [0.25, 0.3) is 22.4 Å². The Bertz CT molecular complexity index is 1240. The number of aromatic nitrogens is 1. The number of amides is 1. The molecule has 0 aliphatic heterocycles. The zero-order chi connectivity index (χ0) is 23.3. The Balaban J connectivity index is 1.96. The van der Waals surface area contributed by atoms with Gasteiger partial charge in [-0.25, -0.2) is 12.8 Å². The van der Waals surface area contributed by atoms with Gasteiger partial charge < -0.3 is 9.73 Å². The molecule has 0 aliphatic carbocycles. The van der Waals surface area contributed by atoms with Crippen LogP contribution in [0.5, 0.6) is 0 Å². The lowest BCUT2D eigenvalue weighted by Crippen LogP contribution is -2.19. The number of sulfonamides is 1. The highest BCUT2D eigenvalue weighted by atomic mass is 127. The number of pyridine rings is 1. The van der Waals surface area contributed by atoms with E-state index < -0.39 is 21.7 Å². The number of unbranched alkanes of at least 4 members (excludes halogenated alkanes) is 3. The molecule has 0 fully saturated rings. The molecule has 0 atom stereocenters. The fourth-order valence-electron chi connectivity index (χ4n) is 3.18. The van der Waals surface area contributed by atoms with Crippen LogP contribution in [0.3, 0.4) is 0 Å². The topological polar surface area (TPSA) is 101 Å². The summed E-state index contributed by atoms with van der Waals surface area (Å²) < 4.78 is 47.2. The molecule has 0 spiro atoms. The number of fused-ring (bicyclic) bond motifs is 1. The minimum atomic E-state index is -3.60. The van der Waals surface area contributed by atoms with Gasteiger partial charge in [0.15, 0.2) is 5.82 Å². The molecule has 2 aromatic heterocycles. The summed E-state index contributed by atoms with van der Waals surface area (Å²) in [4.78, 5) is 16.9. The summed E-state index contributed by atoms with van der Waals surface area (Å²) in [6, 6.07) is 7.18. The first-order valence-corrected chi connectivity index (χ1v) is 12.7. The quantitative estimate of drug-likeness (QED) is 0.201. The lowest BCUT2D eigenvalue weighted by molar-refractivity contribution is 0.0964. The number of rotatable bonds is 10. The molecule has 0 saturated heterocycles. The molecule has 0 bridgehead atoms. The fourth-order valence-corrected chi connectivity index (χ4v) is 5.07.